The zero-order valence-electron chi connectivity index (χ0n) is 11.3. The Morgan fingerprint density at radius 3 is 2.63 bits per heavy atom. The van der Waals surface area contributed by atoms with Crippen LogP contribution in [0.5, 0.6) is 0 Å². The molecule has 0 unspecified atom stereocenters. The van der Waals surface area contributed by atoms with E-state index in [-0.39, 0.29) is 11.5 Å². The third-order valence-electron chi connectivity index (χ3n) is 2.66. The van der Waals surface area contributed by atoms with Gasteiger partial charge in [0.1, 0.15) is 11.6 Å². The molecule has 0 bridgehead atoms. The summed E-state index contributed by atoms with van der Waals surface area (Å²) in [7, 11) is 0. The van der Waals surface area contributed by atoms with Crippen molar-refractivity contribution in [2.45, 2.75) is 20.3 Å². The molecule has 1 rings (SSSR count). The van der Waals surface area contributed by atoms with Gasteiger partial charge in [-0.25, -0.2) is 8.78 Å². The first-order valence-electron chi connectivity index (χ1n) is 6.40. The first kappa shape index (κ1) is 15.6. The molecule has 106 valence electrons. The van der Waals surface area contributed by atoms with Gasteiger partial charge in [-0.15, -0.1) is 0 Å². The fraction of sp³-hybridized carbons (Fsp3) is 0.500. The summed E-state index contributed by atoms with van der Waals surface area (Å²) < 4.78 is 26.7. The number of amides is 1. The van der Waals surface area contributed by atoms with E-state index in [1.807, 2.05) is 13.8 Å². The van der Waals surface area contributed by atoms with Crippen molar-refractivity contribution in [2.75, 3.05) is 19.6 Å². The Morgan fingerprint density at radius 2 is 2.05 bits per heavy atom. The van der Waals surface area contributed by atoms with Crippen molar-refractivity contribution in [3.63, 3.8) is 0 Å². The highest BCUT2D eigenvalue weighted by atomic mass is 19.1. The van der Waals surface area contributed by atoms with Gasteiger partial charge in [-0.3, -0.25) is 4.79 Å². The molecule has 0 aromatic heterocycles. The van der Waals surface area contributed by atoms with Gasteiger partial charge in [0.05, 0.1) is 5.56 Å². The van der Waals surface area contributed by atoms with Gasteiger partial charge in [0, 0.05) is 13.1 Å². The third-order valence-corrected chi connectivity index (χ3v) is 2.66. The molecule has 0 fully saturated rings. The first-order valence-corrected chi connectivity index (χ1v) is 6.40. The maximum atomic E-state index is 13.6. The van der Waals surface area contributed by atoms with E-state index in [1.165, 1.54) is 4.90 Å². The summed E-state index contributed by atoms with van der Waals surface area (Å²) >= 11 is 0. The highest BCUT2D eigenvalue weighted by Crippen LogP contribution is 2.14. The average Bonchev–Trinajstić information content (AvgIpc) is 2.36. The fourth-order valence-electron chi connectivity index (χ4n) is 1.83. The van der Waals surface area contributed by atoms with E-state index >= 15 is 0 Å². The van der Waals surface area contributed by atoms with Crippen LogP contribution in [0.25, 0.3) is 0 Å². The van der Waals surface area contributed by atoms with Crippen molar-refractivity contribution in [1.82, 2.24) is 4.90 Å². The van der Waals surface area contributed by atoms with Gasteiger partial charge in [0.25, 0.3) is 5.91 Å². The number of carbonyl (C=O) groups excluding carboxylic acids is 1. The smallest absolute Gasteiger partial charge is 0.256 e. The molecular weight excluding hydrogens is 250 g/mol. The van der Waals surface area contributed by atoms with Crippen LogP contribution in [-0.4, -0.2) is 30.4 Å². The minimum atomic E-state index is -0.701. The molecular formula is C14H20F2N2O. The zero-order valence-corrected chi connectivity index (χ0v) is 11.3. The molecule has 0 saturated heterocycles. The Labute approximate surface area is 112 Å². The lowest BCUT2D eigenvalue weighted by Gasteiger charge is -2.24. The lowest BCUT2D eigenvalue weighted by molar-refractivity contribution is 0.0730. The first-order chi connectivity index (χ1) is 8.95. The van der Waals surface area contributed by atoms with E-state index in [4.69, 9.17) is 5.73 Å². The Bertz CT molecular complexity index is 435. The lowest BCUT2D eigenvalue weighted by atomic mass is 10.1. The van der Waals surface area contributed by atoms with Gasteiger partial charge in [0.2, 0.25) is 0 Å². The number of carbonyl (C=O) groups is 1. The van der Waals surface area contributed by atoms with Gasteiger partial charge >= 0.3 is 0 Å². The Hall–Kier alpha value is -1.49. The van der Waals surface area contributed by atoms with Crippen LogP contribution >= 0.6 is 0 Å². The van der Waals surface area contributed by atoms with Crippen molar-refractivity contribution < 1.29 is 13.6 Å². The lowest BCUT2D eigenvalue weighted by Crippen LogP contribution is -2.36. The van der Waals surface area contributed by atoms with Gasteiger partial charge in [-0.2, -0.15) is 0 Å². The van der Waals surface area contributed by atoms with Crippen molar-refractivity contribution >= 4 is 5.91 Å². The van der Waals surface area contributed by atoms with Gasteiger partial charge < -0.3 is 10.6 Å². The van der Waals surface area contributed by atoms with Crippen molar-refractivity contribution in [3.05, 3.63) is 35.4 Å². The van der Waals surface area contributed by atoms with Crippen LogP contribution in [0.1, 0.15) is 30.6 Å². The molecule has 0 saturated carbocycles. The van der Waals surface area contributed by atoms with Crippen LogP contribution in [0.3, 0.4) is 0 Å². The van der Waals surface area contributed by atoms with Crippen LogP contribution in [0.15, 0.2) is 18.2 Å². The van der Waals surface area contributed by atoms with Gasteiger partial charge in [0.15, 0.2) is 0 Å². The summed E-state index contributed by atoms with van der Waals surface area (Å²) in [4.78, 5) is 13.8. The number of nitrogens with zero attached hydrogens (tertiary/aromatic N) is 1. The molecule has 1 amide bonds. The number of halogens is 2. The maximum Gasteiger partial charge on any atom is 0.256 e. The SMILES string of the molecule is CC(C)CN(CCCN)C(=O)c1cc(F)ccc1F. The predicted octanol–water partition coefficient (Wildman–Crippen LogP) is 2.41. The summed E-state index contributed by atoms with van der Waals surface area (Å²) in [6.45, 7) is 5.32. The highest BCUT2D eigenvalue weighted by Gasteiger charge is 2.20. The van der Waals surface area contributed by atoms with E-state index in [1.54, 1.807) is 0 Å². The average molecular weight is 270 g/mol. The summed E-state index contributed by atoms with van der Waals surface area (Å²) in [5.41, 5.74) is 5.20. The van der Waals surface area contributed by atoms with Crippen molar-refractivity contribution in [2.24, 2.45) is 11.7 Å². The number of hydrogen-bond acceptors (Lipinski definition) is 2. The van der Waals surface area contributed by atoms with E-state index < -0.39 is 17.5 Å². The monoisotopic (exact) mass is 270 g/mol. The van der Waals surface area contributed by atoms with E-state index in [9.17, 15) is 13.6 Å². The van der Waals surface area contributed by atoms with E-state index in [2.05, 4.69) is 0 Å². The standard InChI is InChI=1S/C14H20F2N2O/c1-10(2)9-18(7-3-6-17)14(19)12-8-11(15)4-5-13(12)16/h4-5,8,10H,3,6-7,9,17H2,1-2H3. The molecule has 19 heavy (non-hydrogen) atoms. The fourth-order valence-corrected chi connectivity index (χ4v) is 1.83. The molecule has 0 radical (unpaired) electrons. The largest absolute Gasteiger partial charge is 0.338 e. The van der Waals surface area contributed by atoms with Gasteiger partial charge in [-0.1, -0.05) is 13.8 Å². The molecule has 0 aliphatic rings. The number of rotatable bonds is 6. The molecule has 5 heteroatoms. The summed E-state index contributed by atoms with van der Waals surface area (Å²) in [5, 5.41) is 0. The number of benzene rings is 1. The van der Waals surface area contributed by atoms with Crippen molar-refractivity contribution in [3.8, 4) is 0 Å². The van der Waals surface area contributed by atoms with Gasteiger partial charge in [-0.05, 0) is 37.1 Å². The number of nitrogens with two attached hydrogens (primary N) is 1. The minimum absolute atomic E-state index is 0.224. The summed E-state index contributed by atoms with van der Waals surface area (Å²) in [6.07, 6.45) is 0.634. The topological polar surface area (TPSA) is 46.3 Å². The quantitative estimate of drug-likeness (QED) is 0.863. The summed E-state index contributed by atoms with van der Waals surface area (Å²) in [6, 6.07) is 2.91. The molecule has 0 spiro atoms. The maximum absolute atomic E-state index is 13.6. The second-order valence-corrected chi connectivity index (χ2v) is 4.91. The zero-order chi connectivity index (χ0) is 14.4. The third kappa shape index (κ3) is 4.59. The molecule has 3 nitrogen and oxygen atoms in total. The van der Waals surface area contributed by atoms with Crippen LogP contribution < -0.4 is 5.73 Å². The van der Waals surface area contributed by atoms with Crippen LogP contribution in [0.2, 0.25) is 0 Å². The molecule has 0 aliphatic carbocycles. The second-order valence-electron chi connectivity index (χ2n) is 4.91. The van der Waals surface area contributed by atoms with E-state index in [0.717, 1.165) is 18.2 Å². The minimum Gasteiger partial charge on any atom is -0.338 e. The van der Waals surface area contributed by atoms with Crippen LogP contribution in [0.4, 0.5) is 8.78 Å². The Balaban J connectivity index is 2.93. The number of hydrogen-bond donors (Lipinski definition) is 1. The molecule has 1 aromatic rings. The van der Waals surface area contributed by atoms with Crippen LogP contribution in [-0.2, 0) is 0 Å². The van der Waals surface area contributed by atoms with Crippen LogP contribution in [0, 0.1) is 17.6 Å². The molecule has 2 N–H and O–H groups in total. The van der Waals surface area contributed by atoms with Crippen molar-refractivity contribution in [1.29, 1.82) is 0 Å². The molecule has 0 atom stereocenters. The second kappa shape index (κ2) is 7.19. The Kier molecular flexibility index (Phi) is 5.89. The highest BCUT2D eigenvalue weighted by molar-refractivity contribution is 5.94. The molecule has 1 aromatic carbocycles. The van der Waals surface area contributed by atoms with E-state index in [0.29, 0.717) is 26.1 Å². The summed E-state index contributed by atoms with van der Waals surface area (Å²) in [5.74, 6) is -1.56. The molecule has 0 heterocycles. The molecule has 0 aliphatic heterocycles. The predicted molar refractivity (Wildman–Crippen MR) is 70.8 cm³/mol. The normalized spacial score (nSPS) is 10.8. The Morgan fingerprint density at radius 1 is 1.37 bits per heavy atom.